The molecular formula is C23H42O4. The number of rotatable bonds is 17. The lowest BCUT2D eigenvalue weighted by Gasteiger charge is -2.13. The summed E-state index contributed by atoms with van der Waals surface area (Å²) in [7, 11) is 0. The van der Waals surface area contributed by atoms with Crippen LogP contribution in [0.2, 0.25) is 0 Å². The maximum Gasteiger partial charge on any atom is 0.331 e. The second-order valence-electron chi connectivity index (χ2n) is 7.91. The minimum Gasteiger partial charge on any atom is -0.463 e. The second kappa shape index (κ2) is 18.1. The smallest absolute Gasteiger partial charge is 0.331 e. The third-order valence-corrected chi connectivity index (χ3v) is 4.47. The van der Waals surface area contributed by atoms with Crippen molar-refractivity contribution in [3.05, 3.63) is 12.2 Å². The predicted octanol–water partition coefficient (Wildman–Crippen LogP) is 6.37. The fourth-order valence-corrected chi connectivity index (χ4v) is 3.07. The van der Waals surface area contributed by atoms with Crippen molar-refractivity contribution in [2.75, 3.05) is 6.61 Å². The maximum absolute atomic E-state index is 11.6. The zero-order chi connectivity index (χ0) is 20.3. The Bertz CT molecular complexity index is 401. The van der Waals surface area contributed by atoms with Crippen LogP contribution >= 0.6 is 0 Å². The first-order valence-electron chi connectivity index (χ1n) is 11.0. The molecule has 0 aromatic heterocycles. The lowest BCUT2D eigenvalue weighted by Crippen LogP contribution is -2.15. The third-order valence-electron chi connectivity index (χ3n) is 4.47. The summed E-state index contributed by atoms with van der Waals surface area (Å²) in [5.74, 6) is -0.502. The summed E-state index contributed by atoms with van der Waals surface area (Å²) in [4.78, 5) is 23.2. The minimum atomic E-state index is -0.491. The van der Waals surface area contributed by atoms with Gasteiger partial charge in [-0.15, -0.1) is 0 Å². The van der Waals surface area contributed by atoms with Crippen molar-refractivity contribution in [1.82, 2.24) is 0 Å². The lowest BCUT2D eigenvalue weighted by atomic mass is 10.1. The quantitative estimate of drug-likeness (QED) is 0.166. The normalized spacial score (nSPS) is 12.5. The van der Waals surface area contributed by atoms with Crippen molar-refractivity contribution in [2.24, 2.45) is 5.92 Å². The van der Waals surface area contributed by atoms with Crippen LogP contribution in [0.25, 0.3) is 0 Å². The van der Waals surface area contributed by atoms with Crippen LogP contribution in [-0.2, 0) is 19.1 Å². The van der Waals surface area contributed by atoms with Gasteiger partial charge in [0.15, 0.2) is 0 Å². The highest BCUT2D eigenvalue weighted by Gasteiger charge is 2.09. The van der Waals surface area contributed by atoms with Crippen molar-refractivity contribution < 1.29 is 19.1 Å². The van der Waals surface area contributed by atoms with Gasteiger partial charge in [0, 0.05) is 12.2 Å². The summed E-state index contributed by atoms with van der Waals surface area (Å²) in [6.45, 7) is 8.67. The van der Waals surface area contributed by atoms with Gasteiger partial charge in [-0.1, -0.05) is 85.0 Å². The molecule has 1 unspecified atom stereocenters. The van der Waals surface area contributed by atoms with E-state index in [2.05, 4.69) is 20.8 Å². The van der Waals surface area contributed by atoms with Gasteiger partial charge in [0.1, 0.15) is 0 Å². The Morgan fingerprint density at radius 3 is 1.74 bits per heavy atom. The number of unbranched alkanes of at least 4 members (excludes halogenated alkanes) is 10. The molecule has 0 aliphatic carbocycles. The molecule has 0 fully saturated rings. The number of hydrogen-bond acceptors (Lipinski definition) is 4. The van der Waals surface area contributed by atoms with E-state index in [1.165, 1.54) is 57.8 Å². The molecule has 0 N–H and O–H groups in total. The predicted molar refractivity (Wildman–Crippen MR) is 112 cm³/mol. The van der Waals surface area contributed by atoms with Crippen LogP contribution in [0.1, 0.15) is 105 Å². The molecule has 1 atom stereocenters. The van der Waals surface area contributed by atoms with Crippen LogP contribution in [0.15, 0.2) is 12.2 Å². The van der Waals surface area contributed by atoms with E-state index in [0.717, 1.165) is 31.4 Å². The number of carbonyl (C=O) groups excluding carboxylic acids is 2. The van der Waals surface area contributed by atoms with E-state index in [-0.39, 0.29) is 6.10 Å². The highest BCUT2D eigenvalue weighted by molar-refractivity contribution is 5.91. The zero-order valence-corrected chi connectivity index (χ0v) is 18.1. The topological polar surface area (TPSA) is 52.6 Å². The SMILES string of the molecule is CCCCCCCCCCCCCOC(=O)/C=C/C(=O)OC(C)CC(C)C. The molecule has 4 nitrogen and oxygen atoms in total. The molecule has 0 saturated heterocycles. The lowest BCUT2D eigenvalue weighted by molar-refractivity contribution is -0.144. The van der Waals surface area contributed by atoms with Crippen LogP contribution < -0.4 is 0 Å². The fourth-order valence-electron chi connectivity index (χ4n) is 3.07. The average molecular weight is 383 g/mol. The molecule has 0 aliphatic heterocycles. The summed E-state index contributed by atoms with van der Waals surface area (Å²) in [6, 6.07) is 0. The van der Waals surface area contributed by atoms with Crippen molar-refractivity contribution >= 4 is 11.9 Å². The van der Waals surface area contributed by atoms with Gasteiger partial charge in [0.2, 0.25) is 0 Å². The molecule has 0 bridgehead atoms. The Labute approximate surface area is 167 Å². The van der Waals surface area contributed by atoms with Gasteiger partial charge in [-0.2, -0.15) is 0 Å². The molecule has 0 saturated carbocycles. The zero-order valence-electron chi connectivity index (χ0n) is 18.1. The van der Waals surface area contributed by atoms with Crippen LogP contribution in [0.3, 0.4) is 0 Å². The number of carbonyl (C=O) groups is 2. The van der Waals surface area contributed by atoms with Crippen LogP contribution in [-0.4, -0.2) is 24.6 Å². The van der Waals surface area contributed by atoms with E-state index in [1.807, 2.05) is 6.92 Å². The van der Waals surface area contributed by atoms with Crippen molar-refractivity contribution in [3.63, 3.8) is 0 Å². The highest BCUT2D eigenvalue weighted by atomic mass is 16.5. The first-order valence-corrected chi connectivity index (χ1v) is 11.0. The molecule has 0 rings (SSSR count). The van der Waals surface area contributed by atoms with Gasteiger partial charge >= 0.3 is 11.9 Å². The van der Waals surface area contributed by atoms with Crippen molar-refractivity contribution in [3.8, 4) is 0 Å². The van der Waals surface area contributed by atoms with Gasteiger partial charge in [0.05, 0.1) is 12.7 Å². The van der Waals surface area contributed by atoms with Crippen LogP contribution in [0.5, 0.6) is 0 Å². The summed E-state index contributed by atoms with van der Waals surface area (Å²) in [6.07, 6.45) is 16.9. The van der Waals surface area contributed by atoms with E-state index in [4.69, 9.17) is 9.47 Å². The highest BCUT2D eigenvalue weighted by Crippen LogP contribution is 2.11. The molecule has 0 spiro atoms. The molecule has 0 aliphatic rings. The van der Waals surface area contributed by atoms with Crippen LogP contribution in [0, 0.1) is 5.92 Å². The van der Waals surface area contributed by atoms with Gasteiger partial charge in [0.25, 0.3) is 0 Å². The van der Waals surface area contributed by atoms with Gasteiger partial charge in [-0.25, -0.2) is 9.59 Å². The summed E-state index contributed by atoms with van der Waals surface area (Å²) < 4.78 is 10.3. The fraction of sp³-hybridized carbons (Fsp3) is 0.826. The van der Waals surface area contributed by atoms with Crippen LogP contribution in [0.4, 0.5) is 0 Å². The van der Waals surface area contributed by atoms with E-state index in [0.29, 0.717) is 12.5 Å². The molecule has 0 amide bonds. The summed E-state index contributed by atoms with van der Waals surface area (Å²) in [5.41, 5.74) is 0. The summed E-state index contributed by atoms with van der Waals surface area (Å²) >= 11 is 0. The standard InChI is InChI=1S/C23H42O4/c1-5-6-7-8-9-10-11-12-13-14-15-18-26-22(24)16-17-23(25)27-21(4)19-20(2)3/h16-17,20-21H,5-15,18-19H2,1-4H3/b17-16+. The molecule has 0 heterocycles. The number of ether oxygens (including phenoxy) is 2. The third kappa shape index (κ3) is 19.3. The molecular weight excluding hydrogens is 340 g/mol. The Balaban J connectivity index is 3.51. The first-order chi connectivity index (χ1) is 13.0. The molecule has 27 heavy (non-hydrogen) atoms. The van der Waals surface area contributed by atoms with E-state index < -0.39 is 11.9 Å². The molecule has 0 radical (unpaired) electrons. The van der Waals surface area contributed by atoms with E-state index >= 15 is 0 Å². The Morgan fingerprint density at radius 1 is 0.741 bits per heavy atom. The van der Waals surface area contributed by atoms with Crippen molar-refractivity contribution in [2.45, 2.75) is 111 Å². The van der Waals surface area contributed by atoms with E-state index in [9.17, 15) is 9.59 Å². The monoisotopic (exact) mass is 382 g/mol. The molecule has 158 valence electrons. The van der Waals surface area contributed by atoms with Gasteiger partial charge in [-0.05, 0) is 25.7 Å². The van der Waals surface area contributed by atoms with Gasteiger partial charge in [-0.3, -0.25) is 0 Å². The number of esters is 2. The second-order valence-corrected chi connectivity index (χ2v) is 7.91. The average Bonchev–Trinajstić information content (AvgIpc) is 2.60. The Kier molecular flexibility index (Phi) is 17.2. The maximum atomic E-state index is 11.6. The van der Waals surface area contributed by atoms with Crippen molar-refractivity contribution in [1.29, 1.82) is 0 Å². The first kappa shape index (κ1) is 25.7. The summed E-state index contributed by atoms with van der Waals surface area (Å²) in [5, 5.41) is 0. The van der Waals surface area contributed by atoms with E-state index in [1.54, 1.807) is 0 Å². The Hall–Kier alpha value is -1.32. The minimum absolute atomic E-state index is 0.144. The molecule has 0 aromatic carbocycles. The number of hydrogen-bond donors (Lipinski definition) is 0. The Morgan fingerprint density at radius 2 is 1.22 bits per heavy atom. The molecule has 4 heteroatoms. The largest absolute Gasteiger partial charge is 0.463 e. The van der Waals surface area contributed by atoms with Gasteiger partial charge < -0.3 is 9.47 Å². The molecule has 0 aromatic rings.